The van der Waals surface area contributed by atoms with Gasteiger partial charge in [-0.15, -0.1) is 0 Å². The van der Waals surface area contributed by atoms with Crippen molar-refractivity contribution in [2.75, 3.05) is 13.6 Å². The van der Waals surface area contributed by atoms with Crippen LogP contribution in [0, 0.1) is 22.2 Å². The van der Waals surface area contributed by atoms with Gasteiger partial charge in [-0.25, -0.2) is 0 Å². The van der Waals surface area contributed by atoms with Crippen LogP contribution < -0.4 is 0 Å². The Morgan fingerprint density at radius 2 is 1.48 bits per heavy atom. The summed E-state index contributed by atoms with van der Waals surface area (Å²) in [5.41, 5.74) is 1.31. The van der Waals surface area contributed by atoms with Crippen LogP contribution in [0.15, 0.2) is 0 Å². The lowest BCUT2D eigenvalue weighted by molar-refractivity contribution is 0.000892. The summed E-state index contributed by atoms with van der Waals surface area (Å²) >= 11 is 0. The highest BCUT2D eigenvalue weighted by Crippen LogP contribution is 2.53. The van der Waals surface area contributed by atoms with E-state index in [2.05, 4.69) is 67.3 Å². The van der Waals surface area contributed by atoms with Gasteiger partial charge in [0.2, 0.25) is 0 Å². The van der Waals surface area contributed by atoms with E-state index in [1.54, 1.807) is 0 Å². The second-order valence-electron chi connectivity index (χ2n) is 10.1. The molecule has 23 heavy (non-hydrogen) atoms. The molecule has 0 saturated carbocycles. The minimum Gasteiger partial charge on any atom is -0.304 e. The lowest BCUT2D eigenvalue weighted by Crippen LogP contribution is -2.41. The van der Waals surface area contributed by atoms with Gasteiger partial charge >= 0.3 is 0 Å². The smallest absolute Gasteiger partial charge is 0.00639 e. The van der Waals surface area contributed by atoms with E-state index in [1.807, 2.05) is 0 Å². The quantitative estimate of drug-likeness (QED) is 0.521. The van der Waals surface area contributed by atoms with Crippen LogP contribution in [0.1, 0.15) is 100 Å². The summed E-state index contributed by atoms with van der Waals surface area (Å²) in [5, 5.41) is 0. The Hall–Kier alpha value is -0.0400. The summed E-state index contributed by atoms with van der Waals surface area (Å²) in [6.07, 6.45) is 9.49. The van der Waals surface area contributed by atoms with Gasteiger partial charge < -0.3 is 4.90 Å². The fourth-order valence-electron chi connectivity index (χ4n) is 5.10. The fourth-order valence-corrected chi connectivity index (χ4v) is 5.10. The summed E-state index contributed by atoms with van der Waals surface area (Å²) in [5.74, 6) is 0.885. The third-order valence-corrected chi connectivity index (χ3v) is 7.95. The van der Waals surface area contributed by atoms with Crippen LogP contribution in [-0.2, 0) is 0 Å². The first-order valence-electron chi connectivity index (χ1n) is 10.2. The van der Waals surface area contributed by atoms with Crippen molar-refractivity contribution in [3.05, 3.63) is 0 Å². The first kappa shape index (κ1) is 21.0. The molecule has 1 saturated heterocycles. The summed E-state index contributed by atoms with van der Waals surface area (Å²) in [7, 11) is 2.30. The van der Waals surface area contributed by atoms with Crippen LogP contribution in [-0.4, -0.2) is 24.5 Å². The molecule has 0 aromatic carbocycles. The largest absolute Gasteiger partial charge is 0.304 e. The highest BCUT2D eigenvalue weighted by atomic mass is 15.1. The number of hydrogen-bond donors (Lipinski definition) is 0. The molecule has 1 fully saturated rings. The third-order valence-electron chi connectivity index (χ3n) is 7.95. The molecule has 1 aliphatic heterocycles. The second-order valence-corrected chi connectivity index (χ2v) is 10.1. The van der Waals surface area contributed by atoms with Crippen molar-refractivity contribution in [2.24, 2.45) is 22.2 Å². The van der Waals surface area contributed by atoms with Gasteiger partial charge in [0, 0.05) is 6.04 Å². The normalized spacial score (nSPS) is 26.0. The SMILES string of the molecule is CCC(C)(CC)C(C)(C)CC(C)(C)C1CCCN(C)C(C)CC1. The van der Waals surface area contributed by atoms with Crippen molar-refractivity contribution in [3.63, 3.8) is 0 Å². The highest BCUT2D eigenvalue weighted by Gasteiger charge is 2.43. The predicted octanol–water partition coefficient (Wildman–Crippen LogP) is 6.77. The summed E-state index contributed by atoms with van der Waals surface area (Å²) in [6, 6.07) is 0.748. The summed E-state index contributed by atoms with van der Waals surface area (Å²) in [4.78, 5) is 2.55. The Bertz CT molecular complexity index is 351. The summed E-state index contributed by atoms with van der Waals surface area (Å²) in [6.45, 7) is 21.1. The van der Waals surface area contributed by atoms with Crippen molar-refractivity contribution in [1.82, 2.24) is 4.90 Å². The minimum atomic E-state index is 0.408. The van der Waals surface area contributed by atoms with Crippen LogP contribution in [0.3, 0.4) is 0 Å². The molecule has 1 heteroatoms. The third kappa shape index (κ3) is 4.97. The van der Waals surface area contributed by atoms with E-state index in [1.165, 1.54) is 51.5 Å². The standard InChI is InChI=1S/C22H45N/c1-10-22(8,11-2)21(6,7)17-20(4,5)19-13-12-16-23(9)18(3)14-15-19/h18-19H,10-17H2,1-9H3. The number of hydrogen-bond acceptors (Lipinski definition) is 1. The topological polar surface area (TPSA) is 3.24 Å². The fraction of sp³-hybridized carbons (Fsp3) is 1.00. The maximum atomic E-state index is 2.56. The molecule has 2 atom stereocenters. The second kappa shape index (κ2) is 7.89. The Kier molecular flexibility index (Phi) is 7.21. The lowest BCUT2D eigenvalue weighted by Gasteiger charge is -2.50. The van der Waals surface area contributed by atoms with Gasteiger partial charge in [-0.3, -0.25) is 0 Å². The maximum Gasteiger partial charge on any atom is 0.00639 e. The minimum absolute atomic E-state index is 0.408. The summed E-state index contributed by atoms with van der Waals surface area (Å²) < 4.78 is 0. The highest BCUT2D eigenvalue weighted by molar-refractivity contribution is 4.94. The van der Waals surface area contributed by atoms with Crippen molar-refractivity contribution < 1.29 is 0 Å². The van der Waals surface area contributed by atoms with Gasteiger partial charge in [0.1, 0.15) is 0 Å². The van der Waals surface area contributed by atoms with E-state index >= 15 is 0 Å². The van der Waals surface area contributed by atoms with E-state index in [4.69, 9.17) is 0 Å². The van der Waals surface area contributed by atoms with Gasteiger partial charge in [0.15, 0.2) is 0 Å². The van der Waals surface area contributed by atoms with Crippen LogP contribution in [0.5, 0.6) is 0 Å². The van der Waals surface area contributed by atoms with Gasteiger partial charge in [0.25, 0.3) is 0 Å². The molecule has 1 aliphatic rings. The van der Waals surface area contributed by atoms with Crippen molar-refractivity contribution in [1.29, 1.82) is 0 Å². The molecule has 1 heterocycles. The molecule has 0 radical (unpaired) electrons. The van der Waals surface area contributed by atoms with Crippen LogP contribution in [0.2, 0.25) is 0 Å². The zero-order chi connectivity index (χ0) is 17.9. The molecular formula is C22H45N. The molecule has 0 aromatic heterocycles. The first-order valence-corrected chi connectivity index (χ1v) is 10.2. The van der Waals surface area contributed by atoms with E-state index < -0.39 is 0 Å². The van der Waals surface area contributed by atoms with Crippen LogP contribution >= 0.6 is 0 Å². The van der Waals surface area contributed by atoms with Crippen molar-refractivity contribution in [3.8, 4) is 0 Å². The van der Waals surface area contributed by atoms with Crippen molar-refractivity contribution >= 4 is 0 Å². The van der Waals surface area contributed by atoms with Crippen LogP contribution in [0.25, 0.3) is 0 Å². The zero-order valence-electron chi connectivity index (χ0n) is 17.8. The Labute approximate surface area is 147 Å². The molecule has 0 spiro atoms. The van der Waals surface area contributed by atoms with E-state index in [9.17, 15) is 0 Å². The van der Waals surface area contributed by atoms with Gasteiger partial charge in [0.05, 0.1) is 0 Å². The Morgan fingerprint density at radius 3 is 2.00 bits per heavy atom. The molecule has 1 rings (SSSR count). The lowest BCUT2D eigenvalue weighted by atomic mass is 9.55. The van der Waals surface area contributed by atoms with Gasteiger partial charge in [-0.1, -0.05) is 61.3 Å². The molecule has 2 unspecified atom stereocenters. The molecule has 0 amide bonds. The first-order chi connectivity index (χ1) is 10.5. The number of rotatable bonds is 6. The molecule has 138 valence electrons. The number of nitrogens with zero attached hydrogens (tertiary/aromatic N) is 1. The average molecular weight is 324 g/mol. The average Bonchev–Trinajstić information content (AvgIpc) is 2.45. The zero-order valence-corrected chi connectivity index (χ0v) is 17.8. The monoisotopic (exact) mass is 323 g/mol. The van der Waals surface area contributed by atoms with Crippen molar-refractivity contribution in [2.45, 2.75) is 106 Å². The maximum absolute atomic E-state index is 2.56. The van der Waals surface area contributed by atoms with E-state index in [-0.39, 0.29) is 0 Å². The van der Waals surface area contributed by atoms with E-state index in [0.717, 1.165) is 12.0 Å². The Balaban J connectivity index is 2.84. The molecule has 0 aromatic rings. The van der Waals surface area contributed by atoms with Gasteiger partial charge in [-0.2, -0.15) is 0 Å². The van der Waals surface area contributed by atoms with E-state index in [0.29, 0.717) is 16.2 Å². The van der Waals surface area contributed by atoms with Gasteiger partial charge in [-0.05, 0) is 74.8 Å². The molecule has 0 N–H and O–H groups in total. The Morgan fingerprint density at radius 1 is 0.913 bits per heavy atom. The molecular weight excluding hydrogens is 278 g/mol. The molecule has 1 nitrogen and oxygen atoms in total. The predicted molar refractivity (Wildman–Crippen MR) is 105 cm³/mol. The number of likely N-dealkylation sites (tertiary alicyclic amines) is 1. The molecule has 0 aliphatic carbocycles. The molecule has 0 bridgehead atoms. The van der Waals surface area contributed by atoms with Crippen LogP contribution in [0.4, 0.5) is 0 Å².